The highest BCUT2D eigenvalue weighted by molar-refractivity contribution is 6.33. The monoisotopic (exact) mass is 387 g/mol. The molecule has 0 fully saturated rings. The molecule has 0 spiro atoms. The second kappa shape index (κ2) is 10.1. The zero-order valence-corrected chi connectivity index (χ0v) is 16.8. The van der Waals surface area contributed by atoms with Crippen LogP contribution in [0.15, 0.2) is 48.5 Å². The van der Waals surface area contributed by atoms with Crippen LogP contribution >= 0.6 is 11.6 Å². The van der Waals surface area contributed by atoms with E-state index >= 15 is 0 Å². The van der Waals surface area contributed by atoms with Crippen LogP contribution < -0.4 is 5.32 Å². The summed E-state index contributed by atoms with van der Waals surface area (Å²) in [6, 6.07) is 14.5. The van der Waals surface area contributed by atoms with Crippen LogP contribution in [0, 0.1) is 0 Å². The Kier molecular flexibility index (Phi) is 7.82. The van der Waals surface area contributed by atoms with Crippen LogP contribution in [-0.2, 0) is 11.3 Å². The largest absolute Gasteiger partial charge is 0.332 e. The van der Waals surface area contributed by atoms with Crippen LogP contribution in [0.1, 0.15) is 29.8 Å². The number of rotatable bonds is 8. The molecule has 6 heteroatoms. The average molecular weight is 388 g/mol. The topological polar surface area (TPSA) is 52.7 Å². The van der Waals surface area contributed by atoms with E-state index in [9.17, 15) is 9.59 Å². The van der Waals surface area contributed by atoms with Gasteiger partial charge in [0.1, 0.15) is 0 Å². The highest BCUT2D eigenvalue weighted by Crippen LogP contribution is 2.20. The molecule has 1 N–H and O–H groups in total. The normalized spacial score (nSPS) is 10.7. The van der Waals surface area contributed by atoms with Gasteiger partial charge in [0.2, 0.25) is 5.91 Å². The van der Waals surface area contributed by atoms with Gasteiger partial charge in [0.05, 0.1) is 17.3 Å². The van der Waals surface area contributed by atoms with E-state index in [1.165, 1.54) is 4.90 Å². The first-order valence-corrected chi connectivity index (χ1v) is 9.43. The molecule has 0 aromatic heterocycles. The van der Waals surface area contributed by atoms with Crippen LogP contribution in [0.5, 0.6) is 0 Å². The standard InChI is InChI=1S/C21H26ClN3O2/c1-4-25(5-2)14-16-10-12-17(13-11-16)21(27)24(3)15-20(26)23-19-9-7-6-8-18(19)22/h6-13H,4-5,14-15H2,1-3H3,(H,23,26). The number of carbonyl (C=O) groups is 2. The number of hydrogen-bond acceptors (Lipinski definition) is 3. The molecule has 0 saturated heterocycles. The fraction of sp³-hybridized carbons (Fsp3) is 0.333. The van der Waals surface area contributed by atoms with Gasteiger partial charge in [-0.15, -0.1) is 0 Å². The highest BCUT2D eigenvalue weighted by atomic mass is 35.5. The zero-order chi connectivity index (χ0) is 19.8. The van der Waals surface area contributed by atoms with E-state index in [2.05, 4.69) is 24.1 Å². The van der Waals surface area contributed by atoms with Crippen molar-refractivity contribution in [3.8, 4) is 0 Å². The molecule has 5 nitrogen and oxygen atoms in total. The minimum absolute atomic E-state index is 0.0503. The van der Waals surface area contributed by atoms with Crippen molar-refractivity contribution < 1.29 is 9.59 Å². The smallest absolute Gasteiger partial charge is 0.254 e. The summed E-state index contributed by atoms with van der Waals surface area (Å²) in [5, 5.41) is 3.18. The Morgan fingerprint density at radius 3 is 2.22 bits per heavy atom. The zero-order valence-electron chi connectivity index (χ0n) is 16.0. The fourth-order valence-electron chi connectivity index (χ4n) is 2.72. The molecule has 2 rings (SSSR count). The summed E-state index contributed by atoms with van der Waals surface area (Å²) in [5.41, 5.74) is 2.26. The molecule has 0 aliphatic rings. The number of benzene rings is 2. The van der Waals surface area contributed by atoms with Crippen LogP contribution in [0.2, 0.25) is 5.02 Å². The van der Waals surface area contributed by atoms with Crippen molar-refractivity contribution in [3.05, 3.63) is 64.7 Å². The Morgan fingerprint density at radius 2 is 1.63 bits per heavy atom. The molecule has 2 aromatic rings. The minimum Gasteiger partial charge on any atom is -0.332 e. The minimum atomic E-state index is -0.294. The number of amides is 2. The van der Waals surface area contributed by atoms with Gasteiger partial charge < -0.3 is 10.2 Å². The Bertz CT molecular complexity index is 773. The summed E-state index contributed by atoms with van der Waals surface area (Å²) in [5.74, 6) is -0.490. The maximum atomic E-state index is 12.6. The van der Waals surface area contributed by atoms with Crippen molar-refractivity contribution in [2.24, 2.45) is 0 Å². The number of para-hydroxylation sites is 1. The molecular weight excluding hydrogens is 362 g/mol. The van der Waals surface area contributed by atoms with Crippen molar-refractivity contribution in [2.45, 2.75) is 20.4 Å². The number of likely N-dealkylation sites (N-methyl/N-ethyl adjacent to an activating group) is 1. The lowest BCUT2D eigenvalue weighted by Crippen LogP contribution is -2.35. The number of anilines is 1. The predicted octanol–water partition coefficient (Wildman–Crippen LogP) is 3.89. The summed E-state index contributed by atoms with van der Waals surface area (Å²) in [6.45, 7) is 7.04. The molecule has 0 atom stereocenters. The van der Waals surface area contributed by atoms with E-state index < -0.39 is 0 Å². The van der Waals surface area contributed by atoms with E-state index in [4.69, 9.17) is 11.6 Å². The number of hydrogen-bond donors (Lipinski definition) is 1. The predicted molar refractivity (Wildman–Crippen MR) is 110 cm³/mol. The Balaban J connectivity index is 1.94. The lowest BCUT2D eigenvalue weighted by atomic mass is 10.1. The molecule has 2 amide bonds. The van der Waals surface area contributed by atoms with E-state index in [-0.39, 0.29) is 18.4 Å². The second-order valence-corrected chi connectivity index (χ2v) is 6.75. The van der Waals surface area contributed by atoms with Gasteiger partial charge in [-0.2, -0.15) is 0 Å². The first-order chi connectivity index (χ1) is 12.9. The Hall–Kier alpha value is -2.37. The summed E-state index contributed by atoms with van der Waals surface area (Å²) in [6.07, 6.45) is 0. The summed E-state index contributed by atoms with van der Waals surface area (Å²) in [7, 11) is 1.61. The Morgan fingerprint density at radius 1 is 1.00 bits per heavy atom. The number of nitrogens with one attached hydrogen (secondary N) is 1. The van der Waals surface area contributed by atoms with Crippen molar-refractivity contribution in [3.63, 3.8) is 0 Å². The van der Waals surface area contributed by atoms with Crippen molar-refractivity contribution in [1.82, 2.24) is 9.80 Å². The van der Waals surface area contributed by atoms with Gasteiger partial charge in [-0.25, -0.2) is 0 Å². The quantitative estimate of drug-likeness (QED) is 0.747. The third-order valence-corrected chi connectivity index (χ3v) is 4.71. The first-order valence-electron chi connectivity index (χ1n) is 9.05. The number of nitrogens with zero attached hydrogens (tertiary/aromatic N) is 2. The van der Waals surface area contributed by atoms with E-state index in [0.717, 1.165) is 25.2 Å². The average Bonchev–Trinajstić information content (AvgIpc) is 2.67. The SMILES string of the molecule is CCN(CC)Cc1ccc(C(=O)N(C)CC(=O)Nc2ccccc2Cl)cc1. The summed E-state index contributed by atoms with van der Waals surface area (Å²) >= 11 is 6.04. The third kappa shape index (κ3) is 6.08. The highest BCUT2D eigenvalue weighted by Gasteiger charge is 2.16. The number of halogens is 1. The van der Waals surface area contributed by atoms with Crippen LogP contribution in [0.4, 0.5) is 5.69 Å². The van der Waals surface area contributed by atoms with Gasteiger partial charge in [0.25, 0.3) is 5.91 Å². The lowest BCUT2D eigenvalue weighted by molar-refractivity contribution is -0.116. The molecule has 144 valence electrons. The van der Waals surface area contributed by atoms with Gasteiger partial charge in [0.15, 0.2) is 0 Å². The summed E-state index contributed by atoms with van der Waals surface area (Å²) < 4.78 is 0. The molecule has 0 bridgehead atoms. The van der Waals surface area contributed by atoms with Crippen LogP contribution in [0.3, 0.4) is 0 Å². The first kappa shape index (κ1) is 20.9. The molecule has 0 saturated carbocycles. The van der Waals surface area contributed by atoms with E-state index in [1.807, 2.05) is 24.3 Å². The fourth-order valence-corrected chi connectivity index (χ4v) is 2.90. The molecule has 0 unspecified atom stereocenters. The van der Waals surface area contributed by atoms with Crippen molar-refractivity contribution in [2.75, 3.05) is 32.0 Å². The van der Waals surface area contributed by atoms with Gasteiger partial charge in [-0.1, -0.05) is 49.7 Å². The molecule has 0 heterocycles. The van der Waals surface area contributed by atoms with Gasteiger partial charge >= 0.3 is 0 Å². The maximum Gasteiger partial charge on any atom is 0.254 e. The maximum absolute atomic E-state index is 12.6. The number of carbonyl (C=O) groups excluding carboxylic acids is 2. The van der Waals surface area contributed by atoms with Gasteiger partial charge in [0, 0.05) is 19.2 Å². The van der Waals surface area contributed by atoms with E-state index in [1.54, 1.807) is 31.3 Å². The molecular formula is C21H26ClN3O2. The van der Waals surface area contributed by atoms with Crippen LogP contribution in [0.25, 0.3) is 0 Å². The van der Waals surface area contributed by atoms with Crippen molar-refractivity contribution in [1.29, 1.82) is 0 Å². The second-order valence-electron chi connectivity index (χ2n) is 6.35. The molecule has 27 heavy (non-hydrogen) atoms. The van der Waals surface area contributed by atoms with Crippen LogP contribution in [-0.4, -0.2) is 48.3 Å². The van der Waals surface area contributed by atoms with Gasteiger partial charge in [-0.3, -0.25) is 14.5 Å². The molecule has 0 aliphatic heterocycles. The van der Waals surface area contributed by atoms with Crippen molar-refractivity contribution >= 4 is 29.1 Å². The molecule has 0 aliphatic carbocycles. The Labute approximate surface area is 165 Å². The molecule has 0 radical (unpaired) electrons. The third-order valence-electron chi connectivity index (χ3n) is 4.38. The lowest BCUT2D eigenvalue weighted by Gasteiger charge is -2.19. The summed E-state index contributed by atoms with van der Waals surface area (Å²) in [4.78, 5) is 28.4. The van der Waals surface area contributed by atoms with Gasteiger partial charge in [-0.05, 0) is 42.9 Å². The van der Waals surface area contributed by atoms with E-state index in [0.29, 0.717) is 16.3 Å². The molecule has 2 aromatic carbocycles.